The van der Waals surface area contributed by atoms with Crippen molar-refractivity contribution in [2.45, 2.75) is 31.6 Å². The first-order chi connectivity index (χ1) is 11.1. The molecular formula is C18H22N2O2S. The molecule has 2 aromatic rings. The average Bonchev–Trinajstić information content (AvgIpc) is 3.09. The van der Waals surface area contributed by atoms with Crippen LogP contribution in [-0.2, 0) is 16.0 Å². The third-order valence-electron chi connectivity index (χ3n) is 4.10. The van der Waals surface area contributed by atoms with Crippen molar-refractivity contribution in [3.05, 3.63) is 58.3 Å². The summed E-state index contributed by atoms with van der Waals surface area (Å²) in [6.45, 7) is 3.17. The van der Waals surface area contributed by atoms with Crippen molar-refractivity contribution < 1.29 is 9.53 Å². The Morgan fingerprint density at radius 3 is 2.83 bits per heavy atom. The predicted molar refractivity (Wildman–Crippen MR) is 92.3 cm³/mol. The van der Waals surface area contributed by atoms with Crippen LogP contribution in [0, 0.1) is 0 Å². The first kappa shape index (κ1) is 16.2. The standard InChI is InChI=1S/C18H22N2O2S/c1-13-10-20(11-17(22-13)15-7-8-23-12-15)18(21)16(19)9-14-5-3-2-4-6-14/h2-8,12-13,16-17H,9-11,19H2,1H3. The van der Waals surface area contributed by atoms with E-state index in [1.807, 2.05) is 47.5 Å². The molecule has 3 rings (SSSR count). The van der Waals surface area contributed by atoms with Crippen LogP contribution in [0.1, 0.15) is 24.2 Å². The Morgan fingerprint density at radius 2 is 2.13 bits per heavy atom. The molecule has 1 saturated heterocycles. The Balaban J connectivity index is 1.66. The number of carbonyl (C=O) groups is 1. The van der Waals surface area contributed by atoms with Crippen LogP contribution in [-0.4, -0.2) is 36.0 Å². The van der Waals surface area contributed by atoms with E-state index < -0.39 is 6.04 Å². The third kappa shape index (κ3) is 3.99. The third-order valence-corrected chi connectivity index (χ3v) is 4.80. The van der Waals surface area contributed by atoms with E-state index in [1.165, 1.54) is 0 Å². The van der Waals surface area contributed by atoms with Crippen molar-refractivity contribution >= 4 is 17.2 Å². The Hall–Kier alpha value is -1.69. The van der Waals surface area contributed by atoms with Crippen molar-refractivity contribution in [2.75, 3.05) is 13.1 Å². The van der Waals surface area contributed by atoms with Crippen LogP contribution < -0.4 is 5.73 Å². The van der Waals surface area contributed by atoms with Gasteiger partial charge in [-0.05, 0) is 41.3 Å². The van der Waals surface area contributed by atoms with E-state index in [0.717, 1.165) is 11.1 Å². The number of hydrogen-bond donors (Lipinski definition) is 1. The van der Waals surface area contributed by atoms with E-state index >= 15 is 0 Å². The zero-order valence-corrected chi connectivity index (χ0v) is 14.0. The molecule has 1 aromatic heterocycles. The van der Waals surface area contributed by atoms with Crippen LogP contribution in [0.5, 0.6) is 0 Å². The summed E-state index contributed by atoms with van der Waals surface area (Å²) < 4.78 is 5.98. The summed E-state index contributed by atoms with van der Waals surface area (Å²) in [5.74, 6) is 0.00392. The lowest BCUT2D eigenvalue weighted by Gasteiger charge is -2.37. The van der Waals surface area contributed by atoms with Crippen molar-refractivity contribution in [1.82, 2.24) is 4.90 Å². The molecule has 0 radical (unpaired) electrons. The van der Waals surface area contributed by atoms with Gasteiger partial charge < -0.3 is 15.4 Å². The van der Waals surface area contributed by atoms with Crippen LogP contribution >= 0.6 is 11.3 Å². The fourth-order valence-electron chi connectivity index (χ4n) is 2.96. The molecule has 1 fully saturated rings. The number of morpholine rings is 1. The Kier molecular flexibility index (Phi) is 5.10. The number of rotatable bonds is 4. The molecule has 5 heteroatoms. The zero-order valence-electron chi connectivity index (χ0n) is 13.2. The van der Waals surface area contributed by atoms with Gasteiger partial charge in [0.25, 0.3) is 0 Å². The summed E-state index contributed by atoms with van der Waals surface area (Å²) >= 11 is 1.64. The van der Waals surface area contributed by atoms with Gasteiger partial charge in [0.05, 0.1) is 18.7 Å². The molecule has 0 aliphatic carbocycles. The lowest BCUT2D eigenvalue weighted by Crippen LogP contribution is -2.52. The van der Waals surface area contributed by atoms with Gasteiger partial charge in [0.1, 0.15) is 6.10 Å². The maximum absolute atomic E-state index is 12.7. The van der Waals surface area contributed by atoms with Crippen LogP contribution in [0.2, 0.25) is 0 Å². The second-order valence-corrected chi connectivity index (χ2v) is 6.81. The highest BCUT2D eigenvalue weighted by Gasteiger charge is 2.31. The summed E-state index contributed by atoms with van der Waals surface area (Å²) in [6, 6.07) is 11.5. The Bertz CT molecular complexity index is 630. The molecule has 0 saturated carbocycles. The number of carbonyl (C=O) groups excluding carboxylic acids is 1. The number of nitrogens with two attached hydrogens (primary N) is 1. The second-order valence-electron chi connectivity index (χ2n) is 6.03. The van der Waals surface area contributed by atoms with Crippen molar-refractivity contribution in [1.29, 1.82) is 0 Å². The van der Waals surface area contributed by atoms with Gasteiger partial charge in [0.2, 0.25) is 5.91 Å². The lowest BCUT2D eigenvalue weighted by molar-refractivity contribution is -0.146. The largest absolute Gasteiger partial charge is 0.367 e. The van der Waals surface area contributed by atoms with Gasteiger partial charge in [0.15, 0.2) is 0 Å². The maximum Gasteiger partial charge on any atom is 0.240 e. The second kappa shape index (κ2) is 7.25. The molecule has 1 amide bonds. The van der Waals surface area contributed by atoms with Gasteiger partial charge >= 0.3 is 0 Å². The minimum absolute atomic E-state index is 0.00392. The molecule has 2 heterocycles. The van der Waals surface area contributed by atoms with E-state index in [4.69, 9.17) is 10.5 Å². The van der Waals surface area contributed by atoms with Gasteiger partial charge in [-0.15, -0.1) is 0 Å². The minimum Gasteiger partial charge on any atom is -0.367 e. The van der Waals surface area contributed by atoms with Gasteiger partial charge in [0, 0.05) is 6.54 Å². The lowest BCUT2D eigenvalue weighted by atomic mass is 10.0. The quantitative estimate of drug-likeness (QED) is 0.937. The molecule has 4 nitrogen and oxygen atoms in total. The molecule has 2 N–H and O–H groups in total. The van der Waals surface area contributed by atoms with Crippen LogP contribution in [0.3, 0.4) is 0 Å². The summed E-state index contributed by atoms with van der Waals surface area (Å²) in [4.78, 5) is 14.6. The Morgan fingerprint density at radius 1 is 1.35 bits per heavy atom. The number of hydrogen-bond acceptors (Lipinski definition) is 4. The van der Waals surface area contributed by atoms with Gasteiger partial charge in [-0.3, -0.25) is 4.79 Å². The molecule has 3 unspecified atom stereocenters. The summed E-state index contributed by atoms with van der Waals surface area (Å²) in [5.41, 5.74) is 8.38. The fourth-order valence-corrected chi connectivity index (χ4v) is 3.67. The monoisotopic (exact) mass is 330 g/mol. The number of benzene rings is 1. The minimum atomic E-state index is -0.508. The molecule has 3 atom stereocenters. The molecule has 0 bridgehead atoms. The highest BCUT2D eigenvalue weighted by atomic mass is 32.1. The molecule has 1 aliphatic heterocycles. The van der Waals surface area contributed by atoms with Crippen molar-refractivity contribution in [3.63, 3.8) is 0 Å². The maximum atomic E-state index is 12.7. The highest BCUT2D eigenvalue weighted by molar-refractivity contribution is 7.07. The van der Waals surface area contributed by atoms with Gasteiger partial charge in [-0.25, -0.2) is 0 Å². The number of nitrogens with zero attached hydrogens (tertiary/aromatic N) is 1. The summed E-state index contributed by atoms with van der Waals surface area (Å²) in [7, 11) is 0. The SMILES string of the molecule is CC1CN(C(=O)C(N)Cc2ccccc2)CC(c2ccsc2)O1. The summed E-state index contributed by atoms with van der Waals surface area (Å²) in [5, 5.41) is 4.11. The highest BCUT2D eigenvalue weighted by Crippen LogP contribution is 2.27. The van der Waals surface area contributed by atoms with Crippen molar-refractivity contribution in [3.8, 4) is 0 Å². The van der Waals surface area contributed by atoms with Crippen molar-refractivity contribution in [2.24, 2.45) is 5.73 Å². The first-order valence-corrected chi connectivity index (χ1v) is 8.83. The van der Waals surface area contributed by atoms with Gasteiger partial charge in [-0.2, -0.15) is 11.3 Å². The van der Waals surface area contributed by atoms with E-state index in [0.29, 0.717) is 19.5 Å². The van der Waals surface area contributed by atoms with Crippen LogP contribution in [0.25, 0.3) is 0 Å². The summed E-state index contributed by atoms with van der Waals surface area (Å²) in [6.07, 6.45) is 0.522. The number of amides is 1. The molecule has 23 heavy (non-hydrogen) atoms. The topological polar surface area (TPSA) is 55.6 Å². The molecule has 0 spiro atoms. The zero-order chi connectivity index (χ0) is 16.2. The smallest absolute Gasteiger partial charge is 0.240 e. The normalized spacial score (nSPS) is 22.8. The predicted octanol–water partition coefficient (Wildman–Crippen LogP) is 2.61. The van der Waals surface area contributed by atoms with E-state index in [9.17, 15) is 4.79 Å². The number of thiophene rings is 1. The van der Waals surface area contributed by atoms with Crippen LogP contribution in [0.15, 0.2) is 47.2 Å². The van der Waals surface area contributed by atoms with Crippen LogP contribution in [0.4, 0.5) is 0 Å². The first-order valence-electron chi connectivity index (χ1n) is 7.89. The molecule has 1 aromatic carbocycles. The number of ether oxygens (including phenoxy) is 1. The average molecular weight is 330 g/mol. The molecular weight excluding hydrogens is 308 g/mol. The van der Waals surface area contributed by atoms with E-state index in [1.54, 1.807) is 11.3 Å². The van der Waals surface area contributed by atoms with Gasteiger partial charge in [-0.1, -0.05) is 30.3 Å². The molecule has 122 valence electrons. The Labute approximate surface area is 140 Å². The molecule has 1 aliphatic rings. The van der Waals surface area contributed by atoms with E-state index in [-0.39, 0.29) is 18.1 Å². The fraction of sp³-hybridized carbons (Fsp3) is 0.389. The van der Waals surface area contributed by atoms with E-state index in [2.05, 4.69) is 11.4 Å².